The topological polar surface area (TPSA) is 106 Å². The molecule has 33 heavy (non-hydrogen) atoms. The van der Waals surface area contributed by atoms with Gasteiger partial charge in [0.2, 0.25) is 0 Å². The first-order valence-electron chi connectivity index (χ1n) is 10.2. The molecule has 4 aromatic rings. The molecule has 0 unspecified atom stereocenters. The summed E-state index contributed by atoms with van der Waals surface area (Å²) >= 11 is 0. The fourth-order valence-corrected chi connectivity index (χ4v) is 4.86. The number of hydrogen-bond donors (Lipinski definition) is 2. The number of hydrogen-bond acceptors (Lipinski definition) is 5. The predicted molar refractivity (Wildman–Crippen MR) is 128 cm³/mol. The molecule has 0 atom stereocenters. The summed E-state index contributed by atoms with van der Waals surface area (Å²) in [4.78, 5) is 13.2. The third-order valence-electron chi connectivity index (χ3n) is 5.14. The van der Waals surface area contributed by atoms with Crippen LogP contribution in [0.4, 0.5) is 11.4 Å². The van der Waals surface area contributed by atoms with Gasteiger partial charge in [-0.05, 0) is 55.3 Å². The van der Waals surface area contributed by atoms with Crippen LogP contribution >= 0.6 is 0 Å². The van der Waals surface area contributed by atoms with E-state index in [0.29, 0.717) is 17.1 Å². The lowest BCUT2D eigenvalue weighted by Gasteiger charge is -2.14. The molecule has 8 nitrogen and oxygen atoms in total. The van der Waals surface area contributed by atoms with Crippen molar-refractivity contribution in [3.8, 4) is 11.4 Å². The Morgan fingerprint density at radius 3 is 2.52 bits per heavy atom. The second kappa shape index (κ2) is 8.87. The van der Waals surface area contributed by atoms with Crippen molar-refractivity contribution in [3.05, 3.63) is 89.7 Å². The lowest BCUT2D eigenvalue weighted by molar-refractivity contribution is 0.102. The van der Waals surface area contributed by atoms with Gasteiger partial charge in [-0.1, -0.05) is 36.4 Å². The molecule has 0 aliphatic carbocycles. The van der Waals surface area contributed by atoms with E-state index in [1.807, 2.05) is 26.1 Å². The van der Waals surface area contributed by atoms with Crippen LogP contribution < -0.4 is 10.0 Å². The number of benzene rings is 3. The van der Waals surface area contributed by atoms with Gasteiger partial charge in [-0.2, -0.15) is 0 Å². The van der Waals surface area contributed by atoms with Gasteiger partial charge in [-0.25, -0.2) is 8.42 Å². The van der Waals surface area contributed by atoms with E-state index in [1.165, 1.54) is 0 Å². The summed E-state index contributed by atoms with van der Waals surface area (Å²) in [6.45, 7) is 3.56. The maximum Gasteiger partial charge on any atom is 0.262 e. The number of anilines is 2. The second-order valence-electron chi connectivity index (χ2n) is 7.72. The third-order valence-corrected chi connectivity index (χ3v) is 6.65. The van der Waals surface area contributed by atoms with E-state index in [9.17, 15) is 13.2 Å². The minimum atomic E-state index is -3.88. The number of nitrogens with zero attached hydrogens (tertiary/aromatic N) is 3. The molecular formula is C24H23N5O3S. The molecule has 0 spiro atoms. The fraction of sp³-hybridized carbons (Fsp3) is 0.125. The standard InChI is InChI=1S/C24H23N5O3S/c1-16-11-12-17(2)22(13-16)33(31,32)28-21-10-5-4-9-20(21)24(30)26-19-8-6-7-18(14-19)23-27-25-15-29(23)3/h4-15,28H,1-3H3,(H,26,30). The van der Waals surface area contributed by atoms with Crippen molar-refractivity contribution >= 4 is 27.3 Å². The molecule has 0 saturated heterocycles. The maximum absolute atomic E-state index is 13.1. The first kappa shape index (κ1) is 22.2. The van der Waals surface area contributed by atoms with Gasteiger partial charge in [0.1, 0.15) is 6.33 Å². The molecule has 168 valence electrons. The zero-order valence-electron chi connectivity index (χ0n) is 18.4. The Balaban J connectivity index is 1.61. The van der Waals surface area contributed by atoms with Gasteiger partial charge in [0.15, 0.2) is 5.82 Å². The van der Waals surface area contributed by atoms with E-state index < -0.39 is 15.9 Å². The van der Waals surface area contributed by atoms with Gasteiger partial charge >= 0.3 is 0 Å². The monoisotopic (exact) mass is 461 g/mol. The molecule has 4 rings (SSSR count). The van der Waals surface area contributed by atoms with Crippen molar-refractivity contribution in [3.63, 3.8) is 0 Å². The smallest absolute Gasteiger partial charge is 0.262 e. The highest BCUT2D eigenvalue weighted by Crippen LogP contribution is 2.25. The molecule has 1 heterocycles. The Morgan fingerprint density at radius 1 is 0.970 bits per heavy atom. The van der Waals surface area contributed by atoms with E-state index in [4.69, 9.17) is 0 Å². The van der Waals surface area contributed by atoms with Crippen LogP contribution in [0.1, 0.15) is 21.5 Å². The van der Waals surface area contributed by atoms with Crippen LogP contribution in [0.2, 0.25) is 0 Å². The van der Waals surface area contributed by atoms with Gasteiger partial charge in [0.05, 0.1) is 16.1 Å². The number of amides is 1. The van der Waals surface area contributed by atoms with E-state index in [-0.39, 0.29) is 16.1 Å². The SMILES string of the molecule is Cc1ccc(C)c(S(=O)(=O)Nc2ccccc2C(=O)Nc2cccc(-c3nncn3C)c2)c1. The fourth-order valence-electron chi connectivity index (χ4n) is 3.45. The summed E-state index contributed by atoms with van der Waals surface area (Å²) in [5.41, 5.74) is 3.19. The summed E-state index contributed by atoms with van der Waals surface area (Å²) in [7, 11) is -2.05. The lowest BCUT2D eigenvalue weighted by Crippen LogP contribution is -2.19. The molecule has 0 aliphatic heterocycles. The van der Waals surface area contributed by atoms with Crippen molar-refractivity contribution in [1.29, 1.82) is 0 Å². The predicted octanol–water partition coefficient (Wildman–Crippen LogP) is 4.15. The lowest BCUT2D eigenvalue weighted by atomic mass is 10.1. The van der Waals surface area contributed by atoms with E-state index >= 15 is 0 Å². The molecule has 9 heteroatoms. The zero-order chi connectivity index (χ0) is 23.6. The highest BCUT2D eigenvalue weighted by molar-refractivity contribution is 7.92. The Labute approximate surface area is 192 Å². The largest absolute Gasteiger partial charge is 0.322 e. The summed E-state index contributed by atoms with van der Waals surface area (Å²) in [5, 5.41) is 10.8. The second-order valence-corrected chi connectivity index (χ2v) is 9.37. The van der Waals surface area contributed by atoms with Crippen LogP contribution in [-0.2, 0) is 17.1 Å². The number of nitrogens with one attached hydrogen (secondary N) is 2. The molecule has 2 N–H and O–H groups in total. The molecule has 0 fully saturated rings. The summed E-state index contributed by atoms with van der Waals surface area (Å²) in [6, 6.07) is 18.9. The quantitative estimate of drug-likeness (QED) is 0.449. The number of carbonyl (C=O) groups is 1. The van der Waals surface area contributed by atoms with Gasteiger partial charge < -0.3 is 9.88 Å². The number of aromatic nitrogens is 3. The van der Waals surface area contributed by atoms with Crippen molar-refractivity contribution in [2.75, 3.05) is 10.0 Å². The van der Waals surface area contributed by atoms with E-state index in [1.54, 1.807) is 72.4 Å². The Bertz CT molecular complexity index is 1440. The van der Waals surface area contributed by atoms with Crippen molar-refractivity contribution < 1.29 is 13.2 Å². The molecule has 0 aliphatic rings. The minimum Gasteiger partial charge on any atom is -0.322 e. The molecule has 0 bridgehead atoms. The van der Waals surface area contributed by atoms with Crippen LogP contribution in [-0.4, -0.2) is 29.1 Å². The maximum atomic E-state index is 13.1. The van der Waals surface area contributed by atoms with Crippen LogP contribution in [0.25, 0.3) is 11.4 Å². The number of aryl methyl sites for hydroxylation is 3. The summed E-state index contributed by atoms with van der Waals surface area (Å²) in [5.74, 6) is 0.220. The highest BCUT2D eigenvalue weighted by Gasteiger charge is 2.21. The van der Waals surface area contributed by atoms with E-state index in [0.717, 1.165) is 11.1 Å². The Morgan fingerprint density at radius 2 is 1.76 bits per heavy atom. The van der Waals surface area contributed by atoms with Crippen LogP contribution in [0.3, 0.4) is 0 Å². The first-order valence-corrected chi connectivity index (χ1v) is 11.7. The normalized spacial score (nSPS) is 11.2. The first-order chi connectivity index (χ1) is 15.7. The van der Waals surface area contributed by atoms with Crippen LogP contribution in [0.5, 0.6) is 0 Å². The minimum absolute atomic E-state index is 0.175. The molecule has 0 saturated carbocycles. The van der Waals surface area contributed by atoms with Gasteiger partial charge in [-0.15, -0.1) is 10.2 Å². The van der Waals surface area contributed by atoms with Gasteiger partial charge in [0, 0.05) is 18.3 Å². The van der Waals surface area contributed by atoms with Crippen molar-refractivity contribution in [2.24, 2.45) is 7.05 Å². The highest BCUT2D eigenvalue weighted by atomic mass is 32.2. The van der Waals surface area contributed by atoms with Crippen LogP contribution in [0, 0.1) is 13.8 Å². The number of rotatable bonds is 6. The van der Waals surface area contributed by atoms with Gasteiger partial charge in [-0.3, -0.25) is 9.52 Å². The molecule has 1 amide bonds. The number of carbonyl (C=O) groups excluding carboxylic acids is 1. The number of para-hydroxylation sites is 1. The molecular weight excluding hydrogens is 438 g/mol. The molecule has 0 radical (unpaired) electrons. The summed E-state index contributed by atoms with van der Waals surface area (Å²) in [6.07, 6.45) is 1.60. The Kier molecular flexibility index (Phi) is 5.97. The average molecular weight is 462 g/mol. The van der Waals surface area contributed by atoms with E-state index in [2.05, 4.69) is 20.2 Å². The number of sulfonamides is 1. The van der Waals surface area contributed by atoms with Crippen molar-refractivity contribution in [2.45, 2.75) is 18.7 Å². The Hall–Kier alpha value is -3.98. The third kappa shape index (κ3) is 4.78. The zero-order valence-corrected chi connectivity index (χ0v) is 19.2. The summed E-state index contributed by atoms with van der Waals surface area (Å²) < 4.78 is 30.5. The average Bonchev–Trinajstić information content (AvgIpc) is 3.21. The molecule has 3 aromatic carbocycles. The van der Waals surface area contributed by atoms with Crippen molar-refractivity contribution in [1.82, 2.24) is 14.8 Å². The molecule has 1 aromatic heterocycles. The van der Waals surface area contributed by atoms with Crippen LogP contribution in [0.15, 0.2) is 78.0 Å². The van der Waals surface area contributed by atoms with Gasteiger partial charge in [0.25, 0.3) is 15.9 Å².